The van der Waals surface area contributed by atoms with E-state index in [9.17, 15) is 4.79 Å². The fraction of sp³-hybridized carbons (Fsp3) is 0.750. The molecule has 3 heteroatoms. The zero-order chi connectivity index (χ0) is 11.3. The number of carbonyl (C=O) groups is 1. The van der Waals surface area contributed by atoms with Crippen LogP contribution in [0.1, 0.15) is 33.1 Å². The van der Waals surface area contributed by atoms with Crippen LogP contribution >= 0.6 is 0 Å². The Morgan fingerprint density at radius 1 is 1.60 bits per heavy atom. The lowest BCUT2D eigenvalue weighted by Gasteiger charge is -2.33. The maximum absolute atomic E-state index is 11.4. The zero-order valence-electron chi connectivity index (χ0n) is 9.62. The number of hydrogen-bond donors (Lipinski definition) is 0. The Labute approximate surface area is 91.4 Å². The molecule has 1 heterocycles. The van der Waals surface area contributed by atoms with Gasteiger partial charge in [-0.2, -0.15) is 0 Å². The maximum Gasteiger partial charge on any atom is 0.333 e. The molecule has 0 amide bonds. The van der Waals surface area contributed by atoms with Crippen LogP contribution in [0, 0.1) is 5.92 Å². The molecule has 0 aromatic heterocycles. The van der Waals surface area contributed by atoms with E-state index >= 15 is 0 Å². The molecule has 0 aliphatic carbocycles. The van der Waals surface area contributed by atoms with Crippen LogP contribution in [0.2, 0.25) is 0 Å². The van der Waals surface area contributed by atoms with Crippen LogP contribution in [0.4, 0.5) is 0 Å². The SMILES string of the molecule is C=C(C)C(=O)OC(CCCC)C1COC1. The van der Waals surface area contributed by atoms with Crippen molar-refractivity contribution in [2.24, 2.45) is 5.92 Å². The first kappa shape index (κ1) is 12.2. The molecule has 1 fully saturated rings. The highest BCUT2D eigenvalue weighted by atomic mass is 16.6. The summed E-state index contributed by atoms with van der Waals surface area (Å²) < 4.78 is 10.5. The number of rotatable bonds is 6. The first-order valence-electron chi connectivity index (χ1n) is 5.59. The average molecular weight is 212 g/mol. The van der Waals surface area contributed by atoms with E-state index in [2.05, 4.69) is 13.5 Å². The molecule has 0 spiro atoms. The molecule has 3 nitrogen and oxygen atoms in total. The monoisotopic (exact) mass is 212 g/mol. The van der Waals surface area contributed by atoms with Gasteiger partial charge in [-0.25, -0.2) is 4.79 Å². The maximum atomic E-state index is 11.4. The number of hydrogen-bond acceptors (Lipinski definition) is 3. The minimum absolute atomic E-state index is 0.0166. The smallest absolute Gasteiger partial charge is 0.333 e. The van der Waals surface area contributed by atoms with Crippen molar-refractivity contribution in [3.63, 3.8) is 0 Å². The van der Waals surface area contributed by atoms with Gasteiger partial charge in [0.25, 0.3) is 0 Å². The normalized spacial score (nSPS) is 18.0. The second kappa shape index (κ2) is 5.91. The number of unbranched alkanes of at least 4 members (excludes halogenated alkanes) is 1. The lowest BCUT2D eigenvalue weighted by Crippen LogP contribution is -2.40. The van der Waals surface area contributed by atoms with Gasteiger partial charge in [0.1, 0.15) is 6.10 Å². The Morgan fingerprint density at radius 2 is 2.27 bits per heavy atom. The summed E-state index contributed by atoms with van der Waals surface area (Å²) in [6, 6.07) is 0. The summed E-state index contributed by atoms with van der Waals surface area (Å²) in [7, 11) is 0. The molecule has 15 heavy (non-hydrogen) atoms. The predicted octanol–water partition coefficient (Wildman–Crippen LogP) is 2.31. The summed E-state index contributed by atoms with van der Waals surface area (Å²) in [5, 5.41) is 0. The van der Waals surface area contributed by atoms with E-state index < -0.39 is 0 Å². The molecule has 1 aliphatic heterocycles. The van der Waals surface area contributed by atoms with E-state index in [4.69, 9.17) is 9.47 Å². The summed E-state index contributed by atoms with van der Waals surface area (Å²) in [6.45, 7) is 8.84. The minimum Gasteiger partial charge on any atom is -0.459 e. The fourth-order valence-corrected chi connectivity index (χ4v) is 1.50. The molecule has 0 aromatic rings. The van der Waals surface area contributed by atoms with Gasteiger partial charge in [-0.15, -0.1) is 0 Å². The Kier molecular flexibility index (Phi) is 4.82. The molecule has 1 rings (SSSR count). The summed E-state index contributed by atoms with van der Waals surface area (Å²) in [5.74, 6) is 0.114. The molecular weight excluding hydrogens is 192 g/mol. The first-order chi connectivity index (χ1) is 7.15. The second-order valence-corrected chi connectivity index (χ2v) is 4.16. The molecule has 86 valence electrons. The second-order valence-electron chi connectivity index (χ2n) is 4.16. The molecule has 1 unspecified atom stereocenters. The van der Waals surface area contributed by atoms with Gasteiger partial charge in [-0.05, 0) is 13.3 Å². The highest BCUT2D eigenvalue weighted by molar-refractivity contribution is 5.87. The topological polar surface area (TPSA) is 35.5 Å². The van der Waals surface area contributed by atoms with Gasteiger partial charge in [0, 0.05) is 11.5 Å². The van der Waals surface area contributed by atoms with Crippen molar-refractivity contribution in [2.45, 2.75) is 39.2 Å². The third-order valence-electron chi connectivity index (χ3n) is 2.64. The van der Waals surface area contributed by atoms with E-state index in [0.29, 0.717) is 11.5 Å². The summed E-state index contributed by atoms with van der Waals surface area (Å²) >= 11 is 0. The van der Waals surface area contributed by atoms with Gasteiger partial charge in [0.2, 0.25) is 0 Å². The number of esters is 1. The number of ether oxygens (including phenoxy) is 2. The van der Waals surface area contributed by atoms with Crippen molar-refractivity contribution in [1.29, 1.82) is 0 Å². The van der Waals surface area contributed by atoms with E-state index in [1.807, 2.05) is 0 Å². The molecule has 1 atom stereocenters. The van der Waals surface area contributed by atoms with Crippen LogP contribution in [0.25, 0.3) is 0 Å². The average Bonchev–Trinajstić information content (AvgIpc) is 2.10. The predicted molar refractivity (Wildman–Crippen MR) is 58.5 cm³/mol. The van der Waals surface area contributed by atoms with Gasteiger partial charge < -0.3 is 9.47 Å². The molecule has 1 aliphatic rings. The van der Waals surface area contributed by atoms with Gasteiger partial charge in [0.05, 0.1) is 13.2 Å². The van der Waals surface area contributed by atoms with E-state index in [-0.39, 0.29) is 12.1 Å². The minimum atomic E-state index is -0.275. The third kappa shape index (κ3) is 3.67. The standard InChI is InChI=1S/C12H20O3/c1-4-5-6-11(10-7-14-8-10)15-12(13)9(2)3/h10-11H,2,4-8H2,1,3H3. The van der Waals surface area contributed by atoms with Crippen LogP contribution in [0.3, 0.4) is 0 Å². The van der Waals surface area contributed by atoms with E-state index in [0.717, 1.165) is 32.5 Å². The summed E-state index contributed by atoms with van der Waals surface area (Å²) in [4.78, 5) is 11.4. The van der Waals surface area contributed by atoms with Gasteiger partial charge in [0.15, 0.2) is 0 Å². The third-order valence-corrected chi connectivity index (χ3v) is 2.64. The van der Waals surface area contributed by atoms with Crippen molar-refractivity contribution >= 4 is 5.97 Å². The van der Waals surface area contributed by atoms with Gasteiger partial charge in [-0.1, -0.05) is 26.3 Å². The van der Waals surface area contributed by atoms with Crippen LogP contribution in [0.5, 0.6) is 0 Å². The molecule has 0 radical (unpaired) electrons. The number of carbonyl (C=O) groups excluding carboxylic acids is 1. The molecule has 0 saturated carbocycles. The van der Waals surface area contributed by atoms with Crippen LogP contribution in [-0.2, 0) is 14.3 Å². The van der Waals surface area contributed by atoms with E-state index in [1.54, 1.807) is 6.92 Å². The van der Waals surface area contributed by atoms with Crippen LogP contribution in [-0.4, -0.2) is 25.3 Å². The van der Waals surface area contributed by atoms with Crippen LogP contribution in [0.15, 0.2) is 12.2 Å². The highest BCUT2D eigenvalue weighted by Gasteiger charge is 2.30. The first-order valence-corrected chi connectivity index (χ1v) is 5.59. The summed E-state index contributed by atoms with van der Waals surface area (Å²) in [5.41, 5.74) is 0.469. The molecule has 0 aromatic carbocycles. The quantitative estimate of drug-likeness (QED) is 0.500. The largest absolute Gasteiger partial charge is 0.459 e. The van der Waals surface area contributed by atoms with Crippen molar-refractivity contribution in [3.8, 4) is 0 Å². The van der Waals surface area contributed by atoms with Crippen molar-refractivity contribution in [1.82, 2.24) is 0 Å². The van der Waals surface area contributed by atoms with Crippen LogP contribution < -0.4 is 0 Å². The lowest BCUT2D eigenvalue weighted by atomic mass is 9.96. The highest BCUT2D eigenvalue weighted by Crippen LogP contribution is 2.22. The molecule has 0 bridgehead atoms. The Morgan fingerprint density at radius 3 is 2.67 bits per heavy atom. The molecule has 1 saturated heterocycles. The van der Waals surface area contributed by atoms with Crippen molar-refractivity contribution < 1.29 is 14.3 Å². The Hall–Kier alpha value is -0.830. The van der Waals surface area contributed by atoms with Gasteiger partial charge >= 0.3 is 5.97 Å². The van der Waals surface area contributed by atoms with Crippen molar-refractivity contribution in [3.05, 3.63) is 12.2 Å². The zero-order valence-corrected chi connectivity index (χ0v) is 9.62. The summed E-state index contributed by atoms with van der Waals surface area (Å²) in [6.07, 6.45) is 3.16. The van der Waals surface area contributed by atoms with E-state index in [1.165, 1.54) is 0 Å². The Bertz CT molecular complexity index is 231. The molecular formula is C12H20O3. The fourth-order valence-electron chi connectivity index (χ4n) is 1.50. The Balaban J connectivity index is 2.40. The van der Waals surface area contributed by atoms with Gasteiger partial charge in [-0.3, -0.25) is 0 Å². The van der Waals surface area contributed by atoms with Crippen molar-refractivity contribution in [2.75, 3.05) is 13.2 Å². The lowest BCUT2D eigenvalue weighted by molar-refractivity contribution is -0.159. The molecule has 0 N–H and O–H groups in total.